The normalized spacial score (nSPS) is 16.3. The Bertz CT molecular complexity index is 403. The van der Waals surface area contributed by atoms with E-state index in [1.807, 2.05) is 0 Å². The molecule has 0 aromatic carbocycles. The summed E-state index contributed by atoms with van der Waals surface area (Å²) in [5, 5.41) is 3.27. The minimum Gasteiger partial charge on any atom is -0.464 e. The van der Waals surface area contributed by atoms with Crippen LogP contribution in [0.4, 0.5) is 5.82 Å². The highest BCUT2D eigenvalue weighted by atomic mass is 16.5. The highest BCUT2D eigenvalue weighted by Gasteiger charge is 2.14. The lowest BCUT2D eigenvalue weighted by Crippen LogP contribution is -2.18. The van der Waals surface area contributed by atoms with Gasteiger partial charge in [-0.15, -0.1) is 0 Å². The molecule has 1 saturated carbocycles. The lowest BCUT2D eigenvalue weighted by Gasteiger charge is -2.21. The molecule has 0 unspecified atom stereocenters. The third-order valence-electron chi connectivity index (χ3n) is 3.36. The Labute approximate surface area is 107 Å². The molecule has 1 fully saturated rings. The number of carbonyl (C=O) groups excluding carboxylic acids is 1. The predicted octanol–water partition coefficient (Wildman–Crippen LogP) is 2.26. The molecular formula is C13H19N3O2. The van der Waals surface area contributed by atoms with Crippen LogP contribution >= 0.6 is 0 Å². The van der Waals surface area contributed by atoms with Gasteiger partial charge >= 0.3 is 5.97 Å². The van der Waals surface area contributed by atoms with Crippen LogP contribution in [0.2, 0.25) is 0 Å². The summed E-state index contributed by atoms with van der Waals surface area (Å²) >= 11 is 0. The van der Waals surface area contributed by atoms with E-state index in [2.05, 4.69) is 20.0 Å². The quantitative estimate of drug-likeness (QED) is 0.829. The molecule has 5 heteroatoms. The summed E-state index contributed by atoms with van der Waals surface area (Å²) in [4.78, 5) is 19.3. The van der Waals surface area contributed by atoms with E-state index in [1.165, 1.54) is 45.5 Å². The fourth-order valence-electron chi connectivity index (χ4n) is 2.31. The number of aromatic nitrogens is 2. The molecule has 0 saturated heterocycles. The van der Waals surface area contributed by atoms with Crippen molar-refractivity contribution in [1.82, 2.24) is 9.97 Å². The van der Waals surface area contributed by atoms with E-state index in [1.54, 1.807) is 6.07 Å². The Hall–Kier alpha value is -1.65. The molecule has 1 aromatic rings. The van der Waals surface area contributed by atoms with Crippen LogP contribution in [0.25, 0.3) is 0 Å². The minimum atomic E-state index is -0.432. The number of anilines is 1. The zero-order valence-electron chi connectivity index (χ0n) is 10.7. The molecule has 0 aliphatic heterocycles. The molecule has 2 rings (SSSR count). The lowest BCUT2D eigenvalue weighted by atomic mass is 9.89. The minimum absolute atomic E-state index is 0.290. The molecule has 0 atom stereocenters. The first-order valence-electron chi connectivity index (χ1n) is 6.44. The summed E-state index contributed by atoms with van der Waals surface area (Å²) < 4.78 is 4.63. The zero-order valence-corrected chi connectivity index (χ0v) is 10.7. The molecule has 18 heavy (non-hydrogen) atoms. The number of hydrogen-bond donors (Lipinski definition) is 1. The summed E-state index contributed by atoms with van der Waals surface area (Å²) in [6.45, 7) is 0.914. The number of esters is 1. The Morgan fingerprint density at radius 1 is 1.39 bits per heavy atom. The third-order valence-corrected chi connectivity index (χ3v) is 3.36. The van der Waals surface area contributed by atoms with Crippen molar-refractivity contribution in [2.45, 2.75) is 32.1 Å². The molecule has 5 nitrogen and oxygen atoms in total. The summed E-state index contributed by atoms with van der Waals surface area (Å²) in [6.07, 6.45) is 7.95. The van der Waals surface area contributed by atoms with Crippen LogP contribution in [0.3, 0.4) is 0 Å². The molecule has 98 valence electrons. The molecule has 1 aliphatic rings. The van der Waals surface area contributed by atoms with E-state index in [9.17, 15) is 4.79 Å². The first kappa shape index (κ1) is 12.8. The topological polar surface area (TPSA) is 64.1 Å². The number of carbonyl (C=O) groups is 1. The summed E-state index contributed by atoms with van der Waals surface area (Å²) in [7, 11) is 1.35. The Balaban J connectivity index is 1.90. The van der Waals surface area contributed by atoms with Gasteiger partial charge in [0.25, 0.3) is 0 Å². The largest absolute Gasteiger partial charge is 0.464 e. The van der Waals surface area contributed by atoms with E-state index in [0.717, 1.165) is 12.5 Å². The van der Waals surface area contributed by atoms with Crippen LogP contribution in [-0.4, -0.2) is 29.6 Å². The molecule has 1 N–H and O–H groups in total. The lowest BCUT2D eigenvalue weighted by molar-refractivity contribution is 0.0594. The summed E-state index contributed by atoms with van der Waals surface area (Å²) in [5.74, 6) is 0.976. The van der Waals surface area contributed by atoms with Crippen LogP contribution in [-0.2, 0) is 4.74 Å². The van der Waals surface area contributed by atoms with Crippen LogP contribution in [0.5, 0.6) is 0 Å². The van der Waals surface area contributed by atoms with E-state index in [0.29, 0.717) is 11.5 Å². The average molecular weight is 249 g/mol. The fraction of sp³-hybridized carbons (Fsp3) is 0.615. The van der Waals surface area contributed by atoms with E-state index in [-0.39, 0.29) is 0 Å². The molecule has 1 heterocycles. The highest BCUT2D eigenvalue weighted by Crippen LogP contribution is 2.23. The van der Waals surface area contributed by atoms with Crippen LogP contribution in [0, 0.1) is 5.92 Å². The van der Waals surface area contributed by atoms with Gasteiger partial charge in [0, 0.05) is 12.6 Å². The predicted molar refractivity (Wildman–Crippen MR) is 68.4 cm³/mol. The Morgan fingerprint density at radius 2 is 2.17 bits per heavy atom. The average Bonchev–Trinajstić information content (AvgIpc) is 2.45. The Kier molecular flexibility index (Phi) is 4.50. The number of rotatable bonds is 4. The van der Waals surface area contributed by atoms with Crippen molar-refractivity contribution < 1.29 is 9.53 Å². The van der Waals surface area contributed by atoms with Crippen LogP contribution in [0.1, 0.15) is 42.6 Å². The second-order valence-corrected chi connectivity index (χ2v) is 4.67. The van der Waals surface area contributed by atoms with E-state index >= 15 is 0 Å². The van der Waals surface area contributed by atoms with Gasteiger partial charge in [-0.25, -0.2) is 14.8 Å². The van der Waals surface area contributed by atoms with Gasteiger partial charge in [0.15, 0.2) is 5.69 Å². The number of nitrogens with zero attached hydrogens (tertiary/aromatic N) is 2. The maximum Gasteiger partial charge on any atom is 0.356 e. The molecule has 1 aromatic heterocycles. The van der Waals surface area contributed by atoms with Crippen molar-refractivity contribution in [3.8, 4) is 0 Å². The van der Waals surface area contributed by atoms with Gasteiger partial charge in [-0.2, -0.15) is 0 Å². The standard InChI is InChI=1S/C13H19N3O2/c1-18-13(17)11-7-12(16-9-15-11)14-8-10-5-3-2-4-6-10/h7,9-10H,2-6,8H2,1H3,(H,14,15,16). The molecule has 0 amide bonds. The van der Waals surface area contributed by atoms with Crippen molar-refractivity contribution in [1.29, 1.82) is 0 Å². The second-order valence-electron chi connectivity index (χ2n) is 4.67. The first-order chi connectivity index (χ1) is 8.79. The molecule has 0 bridgehead atoms. The molecule has 0 radical (unpaired) electrons. The molecular weight excluding hydrogens is 230 g/mol. The number of methoxy groups -OCH3 is 1. The van der Waals surface area contributed by atoms with Gasteiger partial charge in [-0.3, -0.25) is 0 Å². The van der Waals surface area contributed by atoms with Gasteiger partial charge in [-0.05, 0) is 18.8 Å². The van der Waals surface area contributed by atoms with E-state index in [4.69, 9.17) is 0 Å². The van der Waals surface area contributed by atoms with Crippen molar-refractivity contribution in [2.75, 3.05) is 19.0 Å². The van der Waals surface area contributed by atoms with Crippen molar-refractivity contribution in [3.05, 3.63) is 18.1 Å². The van der Waals surface area contributed by atoms with Crippen molar-refractivity contribution in [3.63, 3.8) is 0 Å². The van der Waals surface area contributed by atoms with Gasteiger partial charge in [-0.1, -0.05) is 19.3 Å². The van der Waals surface area contributed by atoms with Crippen molar-refractivity contribution >= 4 is 11.8 Å². The maximum absolute atomic E-state index is 11.3. The van der Waals surface area contributed by atoms with Gasteiger partial charge < -0.3 is 10.1 Å². The van der Waals surface area contributed by atoms with Gasteiger partial charge in [0.1, 0.15) is 12.1 Å². The number of hydrogen-bond acceptors (Lipinski definition) is 5. The van der Waals surface area contributed by atoms with Crippen LogP contribution < -0.4 is 5.32 Å². The number of ether oxygens (including phenoxy) is 1. The summed E-state index contributed by atoms with van der Waals surface area (Å²) in [6, 6.07) is 1.63. The first-order valence-corrected chi connectivity index (χ1v) is 6.44. The van der Waals surface area contributed by atoms with Gasteiger partial charge in [0.05, 0.1) is 7.11 Å². The Morgan fingerprint density at radius 3 is 2.89 bits per heavy atom. The van der Waals surface area contributed by atoms with Crippen molar-refractivity contribution in [2.24, 2.45) is 5.92 Å². The second kappa shape index (κ2) is 6.33. The summed E-state index contributed by atoms with van der Waals surface area (Å²) in [5.41, 5.74) is 0.290. The highest BCUT2D eigenvalue weighted by molar-refractivity contribution is 5.87. The smallest absolute Gasteiger partial charge is 0.356 e. The molecule has 0 spiro atoms. The van der Waals surface area contributed by atoms with Gasteiger partial charge in [0.2, 0.25) is 0 Å². The maximum atomic E-state index is 11.3. The monoisotopic (exact) mass is 249 g/mol. The molecule has 1 aliphatic carbocycles. The van der Waals surface area contributed by atoms with Crippen LogP contribution in [0.15, 0.2) is 12.4 Å². The zero-order chi connectivity index (χ0) is 12.8. The number of nitrogens with one attached hydrogen (secondary N) is 1. The van der Waals surface area contributed by atoms with E-state index < -0.39 is 5.97 Å². The SMILES string of the molecule is COC(=O)c1cc(NCC2CCCCC2)ncn1. The fourth-order valence-corrected chi connectivity index (χ4v) is 2.31. The third kappa shape index (κ3) is 3.42.